The van der Waals surface area contributed by atoms with Crippen LogP contribution in [-0.2, 0) is 0 Å². The molecule has 0 aliphatic carbocycles. The number of thioether (sulfide) groups is 1. The molecule has 2 nitrogen and oxygen atoms in total. The summed E-state index contributed by atoms with van der Waals surface area (Å²) in [6.07, 6.45) is 5.71. The lowest BCUT2D eigenvalue weighted by Gasteiger charge is -2.14. The van der Waals surface area contributed by atoms with E-state index in [4.69, 9.17) is 5.73 Å². The lowest BCUT2D eigenvalue weighted by molar-refractivity contribution is 0.851. The summed E-state index contributed by atoms with van der Waals surface area (Å²) >= 11 is 1.74. The van der Waals surface area contributed by atoms with Gasteiger partial charge in [0.15, 0.2) is 0 Å². The van der Waals surface area contributed by atoms with Crippen molar-refractivity contribution >= 4 is 11.8 Å². The molecule has 0 fully saturated rings. The zero-order valence-electron chi connectivity index (χ0n) is 10.1. The molecule has 1 aromatic carbocycles. The Morgan fingerprint density at radius 3 is 2.47 bits per heavy atom. The molecule has 2 aromatic rings. The second kappa shape index (κ2) is 5.34. The fraction of sp³-hybridized carbons (Fsp3) is 0.214. The molecule has 2 N–H and O–H groups in total. The maximum absolute atomic E-state index is 6.26. The van der Waals surface area contributed by atoms with Crippen LogP contribution in [0.5, 0.6) is 0 Å². The van der Waals surface area contributed by atoms with Crippen LogP contribution >= 0.6 is 11.8 Å². The maximum Gasteiger partial charge on any atom is 0.0569 e. The van der Waals surface area contributed by atoms with Crippen molar-refractivity contribution in [2.75, 3.05) is 6.26 Å². The number of aromatic nitrogens is 1. The first-order chi connectivity index (χ1) is 8.22. The minimum atomic E-state index is -0.0976. The van der Waals surface area contributed by atoms with Gasteiger partial charge in [-0.3, -0.25) is 4.98 Å². The van der Waals surface area contributed by atoms with Gasteiger partial charge in [0.05, 0.1) is 6.04 Å². The number of aryl methyl sites for hydroxylation is 1. The van der Waals surface area contributed by atoms with Crippen LogP contribution in [0.3, 0.4) is 0 Å². The minimum absolute atomic E-state index is 0.0976. The second-order valence-electron chi connectivity index (χ2n) is 3.98. The molecule has 3 heteroatoms. The van der Waals surface area contributed by atoms with Gasteiger partial charge in [0, 0.05) is 17.3 Å². The largest absolute Gasteiger partial charge is 0.320 e. The summed E-state index contributed by atoms with van der Waals surface area (Å²) in [5.41, 5.74) is 9.66. The Hall–Kier alpha value is -1.32. The van der Waals surface area contributed by atoms with Crippen molar-refractivity contribution in [3.63, 3.8) is 0 Å². The molecule has 0 saturated carbocycles. The van der Waals surface area contributed by atoms with Crippen LogP contribution in [-0.4, -0.2) is 11.2 Å². The number of pyridine rings is 1. The van der Waals surface area contributed by atoms with E-state index in [2.05, 4.69) is 42.4 Å². The average molecular weight is 244 g/mol. The van der Waals surface area contributed by atoms with Crippen molar-refractivity contribution in [3.05, 3.63) is 59.4 Å². The van der Waals surface area contributed by atoms with E-state index in [1.165, 1.54) is 10.5 Å². The number of hydrogen-bond acceptors (Lipinski definition) is 3. The Morgan fingerprint density at radius 2 is 1.88 bits per heavy atom. The molecule has 0 aliphatic heterocycles. The molecule has 0 aliphatic rings. The van der Waals surface area contributed by atoms with Crippen molar-refractivity contribution in [2.45, 2.75) is 17.9 Å². The quantitative estimate of drug-likeness (QED) is 0.843. The zero-order valence-corrected chi connectivity index (χ0v) is 10.9. The third-order valence-electron chi connectivity index (χ3n) is 2.89. The molecule has 88 valence electrons. The lowest BCUT2D eigenvalue weighted by atomic mass is 9.98. The Labute approximate surface area is 106 Å². The number of nitrogens with two attached hydrogens (primary N) is 1. The van der Waals surface area contributed by atoms with Crippen molar-refractivity contribution in [1.82, 2.24) is 4.98 Å². The Morgan fingerprint density at radius 1 is 1.18 bits per heavy atom. The average Bonchev–Trinajstić information content (AvgIpc) is 2.39. The monoisotopic (exact) mass is 244 g/mol. The van der Waals surface area contributed by atoms with E-state index in [-0.39, 0.29) is 6.04 Å². The Balaban J connectivity index is 2.30. The van der Waals surface area contributed by atoms with E-state index in [1.54, 1.807) is 18.0 Å². The summed E-state index contributed by atoms with van der Waals surface area (Å²) in [7, 11) is 0. The Kier molecular flexibility index (Phi) is 3.82. The second-order valence-corrected chi connectivity index (χ2v) is 4.86. The number of rotatable bonds is 3. The predicted octanol–water partition coefficient (Wildman–Crippen LogP) is 3.16. The summed E-state index contributed by atoms with van der Waals surface area (Å²) in [5.74, 6) is 0. The molecular weight excluding hydrogens is 228 g/mol. The highest BCUT2D eigenvalue weighted by Crippen LogP contribution is 2.23. The fourth-order valence-corrected chi connectivity index (χ4v) is 2.20. The van der Waals surface area contributed by atoms with Gasteiger partial charge in [0.2, 0.25) is 0 Å². The topological polar surface area (TPSA) is 38.9 Å². The van der Waals surface area contributed by atoms with E-state index in [0.717, 1.165) is 11.1 Å². The van der Waals surface area contributed by atoms with Crippen molar-refractivity contribution < 1.29 is 0 Å². The lowest BCUT2D eigenvalue weighted by Crippen LogP contribution is -2.13. The molecule has 0 bridgehead atoms. The first kappa shape index (κ1) is 12.1. The minimum Gasteiger partial charge on any atom is -0.320 e. The van der Waals surface area contributed by atoms with E-state index < -0.39 is 0 Å². The molecule has 0 saturated heterocycles. The van der Waals surface area contributed by atoms with Gasteiger partial charge < -0.3 is 5.73 Å². The standard InChI is InChI=1S/C14H16N2S/c1-10-7-8-16-9-13(10)14(15)11-3-5-12(17-2)6-4-11/h3-9,14H,15H2,1-2H3. The van der Waals surface area contributed by atoms with Crippen LogP contribution in [0.25, 0.3) is 0 Å². The van der Waals surface area contributed by atoms with E-state index in [0.29, 0.717) is 0 Å². The van der Waals surface area contributed by atoms with Gasteiger partial charge in [-0.05, 0) is 48.1 Å². The summed E-state index contributed by atoms with van der Waals surface area (Å²) < 4.78 is 0. The SMILES string of the molecule is CSc1ccc(C(N)c2cnccc2C)cc1. The first-order valence-corrected chi connectivity index (χ1v) is 6.75. The third-order valence-corrected chi connectivity index (χ3v) is 3.63. The van der Waals surface area contributed by atoms with E-state index >= 15 is 0 Å². The number of hydrogen-bond donors (Lipinski definition) is 1. The number of nitrogens with zero attached hydrogens (tertiary/aromatic N) is 1. The molecule has 2 rings (SSSR count). The van der Waals surface area contributed by atoms with Gasteiger partial charge >= 0.3 is 0 Å². The zero-order chi connectivity index (χ0) is 12.3. The highest BCUT2D eigenvalue weighted by molar-refractivity contribution is 7.98. The van der Waals surface area contributed by atoms with E-state index in [1.807, 2.05) is 12.3 Å². The molecule has 0 spiro atoms. The van der Waals surface area contributed by atoms with Crippen LogP contribution in [0.2, 0.25) is 0 Å². The van der Waals surface area contributed by atoms with Gasteiger partial charge in [-0.2, -0.15) is 0 Å². The van der Waals surface area contributed by atoms with Crippen LogP contribution in [0.15, 0.2) is 47.6 Å². The molecule has 1 heterocycles. The molecule has 0 amide bonds. The molecule has 17 heavy (non-hydrogen) atoms. The van der Waals surface area contributed by atoms with Crippen molar-refractivity contribution in [3.8, 4) is 0 Å². The van der Waals surface area contributed by atoms with Crippen LogP contribution < -0.4 is 5.73 Å². The van der Waals surface area contributed by atoms with Crippen LogP contribution in [0, 0.1) is 6.92 Å². The first-order valence-electron chi connectivity index (χ1n) is 5.52. The van der Waals surface area contributed by atoms with Crippen molar-refractivity contribution in [1.29, 1.82) is 0 Å². The predicted molar refractivity (Wildman–Crippen MR) is 73.2 cm³/mol. The molecule has 1 aromatic heterocycles. The van der Waals surface area contributed by atoms with Gasteiger partial charge in [-0.1, -0.05) is 12.1 Å². The van der Waals surface area contributed by atoms with Crippen molar-refractivity contribution in [2.24, 2.45) is 5.73 Å². The molecular formula is C14H16N2S. The normalized spacial score (nSPS) is 12.4. The molecule has 1 atom stereocenters. The highest BCUT2D eigenvalue weighted by Gasteiger charge is 2.11. The summed E-state index contributed by atoms with van der Waals surface area (Å²) in [6.45, 7) is 2.06. The molecule has 1 unspecified atom stereocenters. The van der Waals surface area contributed by atoms with Gasteiger partial charge in [-0.15, -0.1) is 11.8 Å². The third kappa shape index (κ3) is 2.68. The highest BCUT2D eigenvalue weighted by atomic mass is 32.2. The van der Waals surface area contributed by atoms with Gasteiger partial charge in [-0.25, -0.2) is 0 Å². The summed E-state index contributed by atoms with van der Waals surface area (Å²) in [5, 5.41) is 0. The summed E-state index contributed by atoms with van der Waals surface area (Å²) in [6, 6.07) is 10.3. The van der Waals surface area contributed by atoms with Crippen LogP contribution in [0.1, 0.15) is 22.7 Å². The van der Waals surface area contributed by atoms with E-state index in [9.17, 15) is 0 Å². The van der Waals surface area contributed by atoms with Gasteiger partial charge in [0.1, 0.15) is 0 Å². The smallest absolute Gasteiger partial charge is 0.0569 e. The van der Waals surface area contributed by atoms with Crippen LogP contribution in [0.4, 0.5) is 0 Å². The Bertz CT molecular complexity index is 494. The summed E-state index contributed by atoms with van der Waals surface area (Å²) in [4.78, 5) is 5.40. The molecule has 0 radical (unpaired) electrons. The van der Waals surface area contributed by atoms with Gasteiger partial charge in [0.25, 0.3) is 0 Å². The fourth-order valence-electron chi connectivity index (χ4n) is 1.79. The number of benzene rings is 1. The maximum atomic E-state index is 6.26.